The molecule has 0 heterocycles. The van der Waals surface area contributed by atoms with Gasteiger partial charge in [0.2, 0.25) is 0 Å². The number of hydrogen-bond donors (Lipinski definition) is 1. The lowest BCUT2D eigenvalue weighted by molar-refractivity contribution is 1.13. The van der Waals surface area contributed by atoms with Gasteiger partial charge in [-0.3, -0.25) is 0 Å². The molecule has 0 fully saturated rings. The number of hydrogen-bond acceptors (Lipinski definition) is 5. The molecule has 5 heteroatoms. The van der Waals surface area contributed by atoms with Crippen molar-refractivity contribution in [2.75, 3.05) is 19.0 Å². The van der Waals surface area contributed by atoms with Gasteiger partial charge < -0.3 is 10.6 Å². The summed E-state index contributed by atoms with van der Waals surface area (Å²) in [6.07, 6.45) is 4.97. The molecule has 0 aliphatic rings. The van der Waals surface area contributed by atoms with Gasteiger partial charge in [0.25, 0.3) is 0 Å². The summed E-state index contributed by atoms with van der Waals surface area (Å²) in [6.45, 7) is 0. The summed E-state index contributed by atoms with van der Waals surface area (Å²) >= 11 is 0. The summed E-state index contributed by atoms with van der Waals surface area (Å²) < 4.78 is 0. The van der Waals surface area contributed by atoms with Crippen LogP contribution in [0.15, 0.2) is 46.7 Å². The number of nitrogens with zero attached hydrogens (tertiary/aromatic N) is 4. The second-order valence-electron chi connectivity index (χ2n) is 4.11. The van der Waals surface area contributed by atoms with Crippen LogP contribution in [0.5, 0.6) is 0 Å². The van der Waals surface area contributed by atoms with E-state index in [1.807, 2.05) is 49.3 Å². The molecule has 0 amide bonds. The van der Waals surface area contributed by atoms with Crippen LogP contribution in [0.25, 0.3) is 6.08 Å². The highest BCUT2D eigenvalue weighted by Gasteiger charge is 1.97. The summed E-state index contributed by atoms with van der Waals surface area (Å²) in [5.74, 6) is 0. The van der Waals surface area contributed by atoms with Crippen molar-refractivity contribution in [3.8, 4) is 12.1 Å². The monoisotopic (exact) mass is 265 g/mol. The van der Waals surface area contributed by atoms with Gasteiger partial charge in [-0.15, -0.1) is 0 Å². The van der Waals surface area contributed by atoms with E-state index in [1.165, 1.54) is 6.21 Å². The van der Waals surface area contributed by atoms with Crippen LogP contribution in [0.4, 0.5) is 5.69 Å². The normalized spacial score (nSPS) is 12.0. The molecule has 2 N–H and O–H groups in total. The SMILES string of the molecule is CN(C)c1ccc(/C=C/C=N/C(C#N)=C(\N)C#N)cc1. The first kappa shape index (κ1) is 15.0. The van der Waals surface area contributed by atoms with Crippen LogP contribution < -0.4 is 10.6 Å². The molecule has 0 saturated carbocycles. The molecule has 0 aliphatic heterocycles. The lowest BCUT2D eigenvalue weighted by atomic mass is 10.2. The Balaban J connectivity index is 2.75. The maximum absolute atomic E-state index is 8.74. The van der Waals surface area contributed by atoms with Gasteiger partial charge in [-0.25, -0.2) is 4.99 Å². The van der Waals surface area contributed by atoms with E-state index in [9.17, 15) is 0 Å². The number of benzene rings is 1. The van der Waals surface area contributed by atoms with Crippen LogP contribution in [0, 0.1) is 22.7 Å². The van der Waals surface area contributed by atoms with Gasteiger partial charge in [0.05, 0.1) is 0 Å². The Bertz CT molecular complexity index is 622. The van der Waals surface area contributed by atoms with E-state index in [2.05, 4.69) is 4.99 Å². The predicted octanol–water partition coefficient (Wildman–Crippen LogP) is 2.05. The quantitative estimate of drug-likeness (QED) is 0.666. The molecule has 0 radical (unpaired) electrons. The van der Waals surface area contributed by atoms with Crippen molar-refractivity contribution in [1.82, 2.24) is 0 Å². The molecule has 100 valence electrons. The van der Waals surface area contributed by atoms with Crippen molar-refractivity contribution in [2.24, 2.45) is 10.7 Å². The van der Waals surface area contributed by atoms with Gasteiger partial charge in [-0.05, 0) is 23.8 Å². The minimum absolute atomic E-state index is 0.0832. The largest absolute Gasteiger partial charge is 0.388 e. The number of aliphatic imine (C=N–C) groups is 1. The molecule has 1 aromatic carbocycles. The number of rotatable bonds is 4. The first-order chi connectivity index (χ1) is 9.58. The highest BCUT2D eigenvalue weighted by molar-refractivity contribution is 5.79. The van der Waals surface area contributed by atoms with Crippen LogP contribution in [0.3, 0.4) is 0 Å². The molecule has 0 aliphatic carbocycles. The smallest absolute Gasteiger partial charge is 0.174 e. The first-order valence-electron chi connectivity index (χ1n) is 5.86. The lowest BCUT2D eigenvalue weighted by Gasteiger charge is -2.11. The van der Waals surface area contributed by atoms with Crippen molar-refractivity contribution in [3.05, 3.63) is 47.3 Å². The molecule has 0 saturated heterocycles. The Kier molecular flexibility index (Phi) is 5.55. The van der Waals surface area contributed by atoms with Crippen LogP contribution in [0.1, 0.15) is 5.56 Å². The summed E-state index contributed by atoms with van der Waals surface area (Å²) in [7, 11) is 3.96. The minimum atomic E-state index is -0.188. The molecule has 5 nitrogen and oxygen atoms in total. The summed E-state index contributed by atoms with van der Waals surface area (Å²) in [5.41, 5.74) is 7.18. The van der Waals surface area contributed by atoms with Crippen molar-refractivity contribution in [2.45, 2.75) is 0 Å². The second-order valence-corrected chi connectivity index (χ2v) is 4.11. The Hall–Kier alpha value is -3.05. The Morgan fingerprint density at radius 1 is 1.20 bits per heavy atom. The van der Waals surface area contributed by atoms with Gasteiger partial charge in [-0.1, -0.05) is 18.2 Å². The van der Waals surface area contributed by atoms with E-state index in [4.69, 9.17) is 16.3 Å². The molecule has 0 aromatic heterocycles. The standard InChI is InChI=1S/C15H15N5/c1-20(2)13-7-5-12(6-8-13)4-3-9-19-15(11-17)14(18)10-16/h3-9H,18H2,1-2H3/b4-3+,15-14-,19-9+. The van der Waals surface area contributed by atoms with E-state index in [0.29, 0.717) is 0 Å². The first-order valence-corrected chi connectivity index (χ1v) is 5.86. The van der Waals surface area contributed by atoms with E-state index >= 15 is 0 Å². The topological polar surface area (TPSA) is 89.2 Å². The van der Waals surface area contributed by atoms with Crippen molar-refractivity contribution < 1.29 is 0 Å². The maximum Gasteiger partial charge on any atom is 0.174 e. The zero-order valence-electron chi connectivity index (χ0n) is 11.4. The van der Waals surface area contributed by atoms with E-state index < -0.39 is 0 Å². The third-order valence-electron chi connectivity index (χ3n) is 2.47. The highest BCUT2D eigenvalue weighted by atomic mass is 15.1. The Morgan fingerprint density at radius 2 is 1.85 bits per heavy atom. The molecule has 20 heavy (non-hydrogen) atoms. The Morgan fingerprint density at radius 3 is 2.35 bits per heavy atom. The fourth-order valence-corrected chi connectivity index (χ4v) is 1.37. The van der Waals surface area contributed by atoms with E-state index in [1.54, 1.807) is 18.2 Å². The van der Waals surface area contributed by atoms with Crippen LogP contribution in [0.2, 0.25) is 0 Å². The minimum Gasteiger partial charge on any atom is -0.388 e. The average molecular weight is 265 g/mol. The van der Waals surface area contributed by atoms with Crippen LogP contribution >= 0.6 is 0 Å². The van der Waals surface area contributed by atoms with Gasteiger partial charge in [0, 0.05) is 26.0 Å². The average Bonchev–Trinajstić information content (AvgIpc) is 2.47. The Labute approximate surface area is 118 Å². The van der Waals surface area contributed by atoms with Crippen molar-refractivity contribution in [1.29, 1.82) is 10.5 Å². The molecule has 0 spiro atoms. The van der Waals surface area contributed by atoms with Gasteiger partial charge in [0.1, 0.15) is 17.8 Å². The summed E-state index contributed by atoms with van der Waals surface area (Å²) in [4.78, 5) is 5.84. The van der Waals surface area contributed by atoms with Crippen molar-refractivity contribution >= 4 is 18.0 Å². The second kappa shape index (κ2) is 7.40. The van der Waals surface area contributed by atoms with E-state index in [0.717, 1.165) is 11.3 Å². The van der Waals surface area contributed by atoms with Gasteiger partial charge in [0.15, 0.2) is 5.70 Å². The number of allylic oxidation sites excluding steroid dienone is 3. The maximum atomic E-state index is 8.74. The van der Waals surface area contributed by atoms with Crippen LogP contribution in [-0.2, 0) is 0 Å². The molecule has 0 atom stereocenters. The number of nitriles is 2. The third-order valence-corrected chi connectivity index (χ3v) is 2.47. The zero-order chi connectivity index (χ0) is 15.0. The van der Waals surface area contributed by atoms with Crippen molar-refractivity contribution in [3.63, 3.8) is 0 Å². The molecular weight excluding hydrogens is 250 g/mol. The molecule has 0 bridgehead atoms. The number of anilines is 1. The molecular formula is C15H15N5. The summed E-state index contributed by atoms with van der Waals surface area (Å²) in [6, 6.07) is 11.4. The summed E-state index contributed by atoms with van der Waals surface area (Å²) in [5, 5.41) is 17.3. The fraction of sp³-hybridized carbons (Fsp3) is 0.133. The molecule has 1 rings (SSSR count). The van der Waals surface area contributed by atoms with Crippen LogP contribution in [-0.4, -0.2) is 20.3 Å². The third kappa shape index (κ3) is 4.32. The van der Waals surface area contributed by atoms with E-state index in [-0.39, 0.29) is 11.4 Å². The molecule has 1 aromatic rings. The fourth-order valence-electron chi connectivity index (χ4n) is 1.37. The van der Waals surface area contributed by atoms with Gasteiger partial charge >= 0.3 is 0 Å². The van der Waals surface area contributed by atoms with Gasteiger partial charge in [-0.2, -0.15) is 10.5 Å². The molecule has 0 unspecified atom stereocenters. The lowest BCUT2D eigenvalue weighted by Crippen LogP contribution is -2.07. The zero-order valence-corrected chi connectivity index (χ0v) is 11.4. The highest BCUT2D eigenvalue weighted by Crippen LogP contribution is 2.12. The number of nitrogens with two attached hydrogens (primary N) is 1. The predicted molar refractivity (Wildman–Crippen MR) is 80.7 cm³/mol.